The van der Waals surface area contributed by atoms with Gasteiger partial charge in [-0.3, -0.25) is 9.69 Å². The number of rotatable bonds is 10. The highest BCUT2D eigenvalue weighted by molar-refractivity contribution is 5.89. The van der Waals surface area contributed by atoms with Crippen LogP contribution < -0.4 is 0 Å². The number of nitrogens with zero attached hydrogens (tertiary/aromatic N) is 2. The van der Waals surface area contributed by atoms with E-state index in [0.29, 0.717) is 13.2 Å². The predicted molar refractivity (Wildman–Crippen MR) is 96.1 cm³/mol. The topological polar surface area (TPSA) is 76.2 Å². The maximum atomic E-state index is 12.5. The van der Waals surface area contributed by atoms with Gasteiger partial charge < -0.3 is 14.4 Å². The molecule has 0 N–H and O–H groups in total. The van der Waals surface area contributed by atoms with E-state index in [1.807, 2.05) is 13.8 Å². The van der Waals surface area contributed by atoms with Crippen LogP contribution >= 0.6 is 0 Å². The predicted octanol–water partition coefficient (Wildman–Crippen LogP) is 2.68. The molecular weight excluding hydrogens is 324 g/mol. The average molecular weight is 358 g/mol. The lowest BCUT2D eigenvalue weighted by molar-refractivity contribution is -0.154. The fraction of sp³-hybridized carbons (Fsp3) is 0.833. The van der Waals surface area contributed by atoms with Gasteiger partial charge in [0, 0.05) is 14.1 Å². The van der Waals surface area contributed by atoms with Gasteiger partial charge in [0.2, 0.25) is 5.91 Å². The number of unbranched alkanes of at least 4 members (excludes halogenated alkanes) is 2. The Balaban J connectivity index is 4.58. The summed E-state index contributed by atoms with van der Waals surface area (Å²) in [6.07, 6.45) is 2.30. The fourth-order valence-electron chi connectivity index (χ4n) is 1.95. The molecule has 0 aliphatic rings. The van der Waals surface area contributed by atoms with Crippen molar-refractivity contribution < 1.29 is 23.9 Å². The van der Waals surface area contributed by atoms with Crippen molar-refractivity contribution in [3.8, 4) is 0 Å². The van der Waals surface area contributed by atoms with E-state index in [0.717, 1.165) is 19.3 Å². The minimum absolute atomic E-state index is 0.216. The van der Waals surface area contributed by atoms with Gasteiger partial charge in [0.25, 0.3) is 0 Å². The molecule has 7 nitrogen and oxygen atoms in total. The summed E-state index contributed by atoms with van der Waals surface area (Å²) < 4.78 is 10.3. The third-order valence-electron chi connectivity index (χ3n) is 4.03. The second-order valence-electron chi connectivity index (χ2n) is 6.76. The van der Waals surface area contributed by atoms with E-state index in [1.165, 1.54) is 23.9 Å². The molecule has 2 unspecified atom stereocenters. The van der Waals surface area contributed by atoms with Gasteiger partial charge in [-0.25, -0.2) is 9.59 Å². The van der Waals surface area contributed by atoms with Crippen molar-refractivity contribution in [2.45, 2.75) is 66.0 Å². The van der Waals surface area contributed by atoms with Crippen molar-refractivity contribution in [3.63, 3.8) is 0 Å². The first-order chi connectivity index (χ1) is 11.6. The maximum Gasteiger partial charge on any atom is 0.410 e. The average Bonchev–Trinajstić information content (AvgIpc) is 2.59. The summed E-state index contributed by atoms with van der Waals surface area (Å²) in [5.74, 6) is -0.570. The van der Waals surface area contributed by atoms with Crippen LogP contribution in [0.15, 0.2) is 0 Å². The Morgan fingerprint density at radius 3 is 2.00 bits per heavy atom. The lowest BCUT2D eigenvalue weighted by Crippen LogP contribution is -2.51. The Morgan fingerprint density at radius 1 is 0.880 bits per heavy atom. The fourth-order valence-corrected chi connectivity index (χ4v) is 1.95. The zero-order valence-corrected chi connectivity index (χ0v) is 16.7. The summed E-state index contributed by atoms with van der Waals surface area (Å²) >= 11 is 0. The lowest BCUT2D eigenvalue weighted by Gasteiger charge is -2.30. The highest BCUT2D eigenvalue weighted by Gasteiger charge is 2.31. The second-order valence-corrected chi connectivity index (χ2v) is 6.76. The number of hydrogen-bond donors (Lipinski definition) is 0. The molecule has 0 rings (SSSR count). The number of carbonyl (C=O) groups excluding carboxylic acids is 3. The summed E-state index contributed by atoms with van der Waals surface area (Å²) in [5.41, 5.74) is 0. The van der Waals surface area contributed by atoms with E-state index in [-0.39, 0.29) is 11.8 Å². The van der Waals surface area contributed by atoms with Crippen LogP contribution in [-0.4, -0.2) is 67.2 Å². The highest BCUT2D eigenvalue weighted by Crippen LogP contribution is 2.08. The molecule has 0 aromatic heterocycles. The zero-order chi connectivity index (χ0) is 19.6. The molecule has 0 spiro atoms. The van der Waals surface area contributed by atoms with E-state index < -0.39 is 24.1 Å². The molecule has 7 heteroatoms. The first-order valence-corrected chi connectivity index (χ1v) is 8.96. The molecule has 0 heterocycles. The van der Waals surface area contributed by atoms with Crippen LogP contribution in [0, 0.1) is 5.92 Å². The standard InChI is InChI=1S/C18H34N2O5/c1-8-9-10-11-24-17(22)15(5)19(6)16(21)14(4)20(7)18(23)25-12-13(2)3/h13-15H,8-12H2,1-7H3. The quantitative estimate of drug-likeness (QED) is 0.443. The van der Waals surface area contributed by atoms with Gasteiger partial charge in [-0.1, -0.05) is 33.6 Å². The minimum Gasteiger partial charge on any atom is -0.464 e. The van der Waals surface area contributed by atoms with Gasteiger partial charge >= 0.3 is 12.1 Å². The monoisotopic (exact) mass is 358 g/mol. The molecular formula is C18H34N2O5. The molecule has 146 valence electrons. The van der Waals surface area contributed by atoms with Crippen molar-refractivity contribution in [2.24, 2.45) is 5.92 Å². The smallest absolute Gasteiger partial charge is 0.410 e. The molecule has 0 aromatic carbocycles. The number of carbonyl (C=O) groups is 3. The molecule has 0 bridgehead atoms. The van der Waals surface area contributed by atoms with Crippen molar-refractivity contribution >= 4 is 18.0 Å². The Morgan fingerprint density at radius 2 is 1.48 bits per heavy atom. The number of amides is 2. The molecule has 0 radical (unpaired) electrons. The Bertz CT molecular complexity index is 439. The maximum absolute atomic E-state index is 12.5. The van der Waals surface area contributed by atoms with Crippen LogP contribution in [0.2, 0.25) is 0 Å². The van der Waals surface area contributed by atoms with Crippen molar-refractivity contribution in [3.05, 3.63) is 0 Å². The molecule has 0 aliphatic heterocycles. The van der Waals surface area contributed by atoms with Gasteiger partial charge in [0.05, 0.1) is 13.2 Å². The van der Waals surface area contributed by atoms with Gasteiger partial charge in [-0.05, 0) is 26.2 Å². The molecule has 0 saturated heterocycles. The summed E-state index contributed by atoms with van der Waals surface area (Å²) in [7, 11) is 3.04. The van der Waals surface area contributed by atoms with Crippen LogP contribution in [0.4, 0.5) is 4.79 Å². The Labute approximate surface area is 151 Å². The normalized spacial score (nSPS) is 13.1. The van der Waals surface area contributed by atoms with Crippen molar-refractivity contribution in [1.82, 2.24) is 9.80 Å². The highest BCUT2D eigenvalue weighted by atomic mass is 16.6. The van der Waals surface area contributed by atoms with Gasteiger partial charge in [0.1, 0.15) is 12.1 Å². The molecule has 2 atom stereocenters. The Hall–Kier alpha value is -1.79. The van der Waals surface area contributed by atoms with E-state index in [1.54, 1.807) is 13.8 Å². The molecule has 25 heavy (non-hydrogen) atoms. The largest absolute Gasteiger partial charge is 0.464 e. The van der Waals surface area contributed by atoms with Gasteiger partial charge in [-0.15, -0.1) is 0 Å². The van der Waals surface area contributed by atoms with E-state index >= 15 is 0 Å². The van der Waals surface area contributed by atoms with Crippen LogP contribution in [0.25, 0.3) is 0 Å². The van der Waals surface area contributed by atoms with Gasteiger partial charge in [-0.2, -0.15) is 0 Å². The van der Waals surface area contributed by atoms with Crippen LogP contribution in [0.1, 0.15) is 53.9 Å². The minimum atomic E-state index is -0.736. The molecule has 2 amide bonds. The van der Waals surface area contributed by atoms with E-state index in [9.17, 15) is 14.4 Å². The number of likely N-dealkylation sites (N-methyl/N-ethyl adjacent to an activating group) is 2. The Kier molecular flexibility index (Phi) is 10.9. The first kappa shape index (κ1) is 23.2. The van der Waals surface area contributed by atoms with Crippen LogP contribution in [0.3, 0.4) is 0 Å². The number of ether oxygens (including phenoxy) is 2. The van der Waals surface area contributed by atoms with Crippen molar-refractivity contribution in [2.75, 3.05) is 27.3 Å². The lowest BCUT2D eigenvalue weighted by atomic mass is 10.2. The summed E-state index contributed by atoms with van der Waals surface area (Å²) in [4.78, 5) is 39.1. The summed E-state index contributed by atoms with van der Waals surface area (Å²) in [6, 6.07) is -1.45. The zero-order valence-electron chi connectivity index (χ0n) is 16.7. The summed E-state index contributed by atoms with van der Waals surface area (Å²) in [5, 5.41) is 0. The first-order valence-electron chi connectivity index (χ1n) is 8.96. The van der Waals surface area contributed by atoms with Crippen LogP contribution in [-0.2, 0) is 19.1 Å². The summed E-state index contributed by atoms with van der Waals surface area (Å²) in [6.45, 7) is 9.81. The third kappa shape index (κ3) is 8.23. The van der Waals surface area contributed by atoms with Crippen molar-refractivity contribution in [1.29, 1.82) is 0 Å². The van der Waals surface area contributed by atoms with Crippen LogP contribution in [0.5, 0.6) is 0 Å². The van der Waals surface area contributed by atoms with Gasteiger partial charge in [0.15, 0.2) is 0 Å². The molecule has 0 saturated carbocycles. The van der Waals surface area contributed by atoms with E-state index in [2.05, 4.69) is 6.92 Å². The molecule has 0 aliphatic carbocycles. The molecule has 0 aromatic rings. The molecule has 0 fully saturated rings. The second kappa shape index (κ2) is 11.7. The third-order valence-corrected chi connectivity index (χ3v) is 4.03. The number of esters is 1. The number of hydrogen-bond acceptors (Lipinski definition) is 5. The SMILES string of the molecule is CCCCCOC(=O)C(C)N(C)C(=O)C(C)N(C)C(=O)OCC(C)C. The van der Waals surface area contributed by atoms with E-state index in [4.69, 9.17) is 9.47 Å².